The van der Waals surface area contributed by atoms with E-state index in [0.29, 0.717) is 0 Å². The van der Waals surface area contributed by atoms with Crippen molar-refractivity contribution in [2.45, 2.75) is 58.0 Å². The van der Waals surface area contributed by atoms with Gasteiger partial charge in [-0.05, 0) is 51.9 Å². The van der Waals surface area contributed by atoms with Gasteiger partial charge in [0.25, 0.3) is 0 Å². The fourth-order valence-corrected chi connectivity index (χ4v) is 2.50. The fraction of sp³-hybridized carbons (Fsp3) is 1.00. The molecule has 1 saturated heterocycles. The van der Waals surface area contributed by atoms with Crippen molar-refractivity contribution < 1.29 is 5.11 Å². The van der Waals surface area contributed by atoms with E-state index in [1.807, 2.05) is 0 Å². The van der Waals surface area contributed by atoms with E-state index in [1.165, 1.54) is 25.7 Å². The van der Waals surface area contributed by atoms with Gasteiger partial charge in [-0.2, -0.15) is 0 Å². The minimum atomic E-state index is -0.438. The van der Waals surface area contributed by atoms with Crippen molar-refractivity contribution in [3.8, 4) is 0 Å². The Labute approximate surface area is 107 Å². The highest BCUT2D eigenvalue weighted by molar-refractivity contribution is 4.87. The molecule has 0 bridgehead atoms. The molecular formula is C14H30N2O. The molecule has 1 heterocycles. The van der Waals surface area contributed by atoms with Gasteiger partial charge in [0, 0.05) is 6.54 Å². The van der Waals surface area contributed by atoms with E-state index in [0.717, 1.165) is 45.6 Å². The van der Waals surface area contributed by atoms with Gasteiger partial charge >= 0.3 is 0 Å². The summed E-state index contributed by atoms with van der Waals surface area (Å²) in [5, 5.41) is 13.9. The Bertz CT molecular complexity index is 183. The Morgan fingerprint density at radius 3 is 2.06 bits per heavy atom. The van der Waals surface area contributed by atoms with Crippen molar-refractivity contribution in [2.75, 3.05) is 32.7 Å². The number of aliphatic hydroxyl groups is 1. The zero-order valence-electron chi connectivity index (χ0n) is 11.7. The Kier molecular flexibility index (Phi) is 7.09. The molecule has 0 amide bonds. The summed E-state index contributed by atoms with van der Waals surface area (Å²) in [6.07, 6.45) is 6.78. The van der Waals surface area contributed by atoms with E-state index in [-0.39, 0.29) is 0 Å². The van der Waals surface area contributed by atoms with Gasteiger partial charge in [0.2, 0.25) is 0 Å². The second kappa shape index (κ2) is 8.06. The van der Waals surface area contributed by atoms with Crippen LogP contribution in [0, 0.1) is 0 Å². The quantitative estimate of drug-likeness (QED) is 0.683. The van der Waals surface area contributed by atoms with Crippen molar-refractivity contribution >= 4 is 0 Å². The fourth-order valence-electron chi connectivity index (χ4n) is 2.50. The third-order valence-corrected chi connectivity index (χ3v) is 3.71. The van der Waals surface area contributed by atoms with Crippen LogP contribution in [0.2, 0.25) is 0 Å². The molecular weight excluding hydrogens is 212 g/mol. The zero-order valence-corrected chi connectivity index (χ0v) is 11.7. The van der Waals surface area contributed by atoms with Gasteiger partial charge in [-0.3, -0.25) is 0 Å². The van der Waals surface area contributed by atoms with Gasteiger partial charge in [0.1, 0.15) is 0 Å². The number of hydrogen-bond acceptors (Lipinski definition) is 3. The van der Waals surface area contributed by atoms with Gasteiger partial charge < -0.3 is 15.3 Å². The summed E-state index contributed by atoms with van der Waals surface area (Å²) >= 11 is 0. The van der Waals surface area contributed by atoms with Crippen LogP contribution in [0.3, 0.4) is 0 Å². The molecule has 0 saturated carbocycles. The van der Waals surface area contributed by atoms with Crippen LogP contribution in [-0.4, -0.2) is 48.3 Å². The van der Waals surface area contributed by atoms with Crippen LogP contribution in [0.4, 0.5) is 0 Å². The highest BCUT2D eigenvalue weighted by atomic mass is 16.3. The second-order valence-electron chi connectivity index (χ2n) is 5.46. The lowest BCUT2D eigenvalue weighted by Crippen LogP contribution is -2.50. The number of nitrogens with one attached hydrogen (secondary N) is 1. The lowest BCUT2D eigenvalue weighted by atomic mass is 9.91. The monoisotopic (exact) mass is 242 g/mol. The largest absolute Gasteiger partial charge is 0.388 e. The van der Waals surface area contributed by atoms with Crippen molar-refractivity contribution in [3.63, 3.8) is 0 Å². The lowest BCUT2D eigenvalue weighted by Gasteiger charge is -2.37. The topological polar surface area (TPSA) is 35.5 Å². The maximum Gasteiger partial charge on any atom is 0.0798 e. The minimum Gasteiger partial charge on any atom is -0.388 e. The molecule has 0 spiro atoms. The van der Waals surface area contributed by atoms with Gasteiger partial charge in [-0.15, -0.1) is 0 Å². The molecule has 1 aliphatic rings. The third kappa shape index (κ3) is 5.84. The van der Waals surface area contributed by atoms with Crippen molar-refractivity contribution in [1.82, 2.24) is 10.2 Å². The molecule has 0 aromatic carbocycles. The maximum atomic E-state index is 10.6. The molecule has 0 radical (unpaired) electrons. The van der Waals surface area contributed by atoms with Gasteiger partial charge in [-0.1, -0.05) is 26.7 Å². The second-order valence-corrected chi connectivity index (χ2v) is 5.46. The Morgan fingerprint density at radius 1 is 1.06 bits per heavy atom. The minimum absolute atomic E-state index is 0.438. The number of piperidine rings is 1. The summed E-state index contributed by atoms with van der Waals surface area (Å²) in [7, 11) is 0. The van der Waals surface area contributed by atoms with E-state index in [1.54, 1.807) is 0 Å². The maximum absolute atomic E-state index is 10.6. The number of nitrogens with zero attached hydrogens (tertiary/aromatic N) is 1. The van der Waals surface area contributed by atoms with Gasteiger partial charge in [0.15, 0.2) is 0 Å². The van der Waals surface area contributed by atoms with Crippen molar-refractivity contribution in [1.29, 1.82) is 0 Å². The van der Waals surface area contributed by atoms with E-state index < -0.39 is 5.60 Å². The predicted molar refractivity (Wildman–Crippen MR) is 73.3 cm³/mol. The summed E-state index contributed by atoms with van der Waals surface area (Å²) in [5.74, 6) is 0. The van der Waals surface area contributed by atoms with Crippen LogP contribution in [-0.2, 0) is 0 Å². The van der Waals surface area contributed by atoms with Crippen LogP contribution >= 0.6 is 0 Å². The lowest BCUT2D eigenvalue weighted by molar-refractivity contribution is -0.0213. The van der Waals surface area contributed by atoms with E-state index in [2.05, 4.69) is 24.1 Å². The first kappa shape index (κ1) is 14.9. The molecule has 102 valence electrons. The summed E-state index contributed by atoms with van der Waals surface area (Å²) < 4.78 is 0. The van der Waals surface area contributed by atoms with Crippen LogP contribution in [0.5, 0.6) is 0 Å². The van der Waals surface area contributed by atoms with Crippen molar-refractivity contribution in [3.05, 3.63) is 0 Å². The first-order valence-electron chi connectivity index (χ1n) is 7.35. The van der Waals surface area contributed by atoms with E-state index in [4.69, 9.17) is 0 Å². The van der Waals surface area contributed by atoms with Crippen LogP contribution < -0.4 is 5.32 Å². The summed E-state index contributed by atoms with van der Waals surface area (Å²) in [6, 6.07) is 0. The van der Waals surface area contributed by atoms with Crippen LogP contribution in [0.1, 0.15) is 52.4 Å². The summed E-state index contributed by atoms with van der Waals surface area (Å²) in [5.41, 5.74) is -0.438. The molecule has 0 unspecified atom stereocenters. The SMILES string of the molecule is CCCCN(CCCC)CC1(O)CCNCC1. The first-order chi connectivity index (χ1) is 8.20. The molecule has 3 nitrogen and oxygen atoms in total. The van der Waals surface area contributed by atoms with Crippen molar-refractivity contribution in [2.24, 2.45) is 0 Å². The number of rotatable bonds is 8. The van der Waals surface area contributed by atoms with Crippen LogP contribution in [0.15, 0.2) is 0 Å². The Morgan fingerprint density at radius 2 is 1.59 bits per heavy atom. The molecule has 0 aliphatic carbocycles. The number of unbranched alkanes of at least 4 members (excludes halogenated alkanes) is 2. The Balaban J connectivity index is 2.38. The standard InChI is InChI=1S/C14H30N2O/c1-3-5-11-16(12-6-4-2)13-14(17)7-9-15-10-8-14/h15,17H,3-13H2,1-2H3. The Hall–Kier alpha value is -0.120. The van der Waals surface area contributed by atoms with Gasteiger partial charge in [0.05, 0.1) is 5.60 Å². The molecule has 1 aliphatic heterocycles. The smallest absolute Gasteiger partial charge is 0.0798 e. The molecule has 2 N–H and O–H groups in total. The predicted octanol–water partition coefficient (Wildman–Crippen LogP) is 2.00. The average Bonchev–Trinajstić information content (AvgIpc) is 2.33. The zero-order chi connectivity index (χ0) is 12.6. The number of hydrogen-bond donors (Lipinski definition) is 2. The molecule has 1 rings (SSSR count). The molecule has 0 aromatic heterocycles. The van der Waals surface area contributed by atoms with E-state index in [9.17, 15) is 5.11 Å². The highest BCUT2D eigenvalue weighted by Crippen LogP contribution is 2.20. The van der Waals surface area contributed by atoms with Crippen LogP contribution in [0.25, 0.3) is 0 Å². The normalized spacial score (nSPS) is 19.8. The first-order valence-corrected chi connectivity index (χ1v) is 7.35. The summed E-state index contributed by atoms with van der Waals surface area (Å²) in [4.78, 5) is 2.47. The van der Waals surface area contributed by atoms with E-state index >= 15 is 0 Å². The van der Waals surface area contributed by atoms with Gasteiger partial charge in [-0.25, -0.2) is 0 Å². The summed E-state index contributed by atoms with van der Waals surface area (Å²) in [6.45, 7) is 9.55. The molecule has 1 fully saturated rings. The molecule has 17 heavy (non-hydrogen) atoms. The average molecular weight is 242 g/mol. The third-order valence-electron chi connectivity index (χ3n) is 3.71. The highest BCUT2D eigenvalue weighted by Gasteiger charge is 2.30. The molecule has 3 heteroatoms. The molecule has 0 aromatic rings. The molecule has 0 atom stereocenters.